The van der Waals surface area contributed by atoms with Gasteiger partial charge in [0.1, 0.15) is 11.8 Å². The summed E-state index contributed by atoms with van der Waals surface area (Å²) in [5, 5.41) is 11.7. The molecule has 5 nitrogen and oxygen atoms in total. The van der Waals surface area contributed by atoms with Crippen molar-refractivity contribution in [2.24, 2.45) is 5.92 Å². The molecule has 0 aliphatic rings. The summed E-state index contributed by atoms with van der Waals surface area (Å²) in [6, 6.07) is 7.41. The van der Waals surface area contributed by atoms with Crippen LogP contribution in [0.1, 0.15) is 12.5 Å². The molecule has 0 aliphatic carbocycles. The van der Waals surface area contributed by atoms with Gasteiger partial charge in [0, 0.05) is 26.7 Å². The van der Waals surface area contributed by atoms with Crippen LogP contribution in [0.5, 0.6) is 5.75 Å². The van der Waals surface area contributed by atoms with Crippen LogP contribution in [0.2, 0.25) is 0 Å². The second kappa shape index (κ2) is 6.64. The third-order valence-corrected chi connectivity index (χ3v) is 2.98. The first-order valence-electron chi connectivity index (χ1n) is 6.04. The molecular weight excluding hydrogens is 242 g/mol. The Morgan fingerprint density at radius 2 is 2.26 bits per heavy atom. The molecule has 0 saturated heterocycles. The molecule has 0 radical (unpaired) electrons. The fourth-order valence-electron chi connectivity index (χ4n) is 1.89. The van der Waals surface area contributed by atoms with Gasteiger partial charge in [-0.3, -0.25) is 4.79 Å². The van der Waals surface area contributed by atoms with Gasteiger partial charge in [-0.05, 0) is 12.1 Å². The Kier molecular flexibility index (Phi) is 5.19. The van der Waals surface area contributed by atoms with Gasteiger partial charge in [0.05, 0.1) is 24.3 Å². The first-order valence-corrected chi connectivity index (χ1v) is 6.04. The fraction of sp³-hybridized carbons (Fsp3) is 0.429. The summed E-state index contributed by atoms with van der Waals surface area (Å²) >= 11 is 0. The molecule has 1 N–H and O–H groups in total. The number of benzene rings is 1. The molecule has 102 valence electrons. The summed E-state index contributed by atoms with van der Waals surface area (Å²) in [6.45, 7) is 2.38. The average molecular weight is 261 g/mol. The van der Waals surface area contributed by atoms with Crippen molar-refractivity contribution < 1.29 is 9.53 Å². The van der Waals surface area contributed by atoms with Crippen LogP contribution in [0.25, 0.3) is 0 Å². The van der Waals surface area contributed by atoms with Crippen LogP contribution in [0.15, 0.2) is 18.2 Å². The number of carbonyl (C=O) groups excluding carboxylic acids is 1. The maximum absolute atomic E-state index is 11.5. The second-order valence-electron chi connectivity index (χ2n) is 4.39. The van der Waals surface area contributed by atoms with Crippen molar-refractivity contribution in [1.29, 1.82) is 5.26 Å². The zero-order chi connectivity index (χ0) is 14.4. The van der Waals surface area contributed by atoms with E-state index in [0.717, 1.165) is 5.69 Å². The highest BCUT2D eigenvalue weighted by atomic mass is 16.5. The first kappa shape index (κ1) is 14.8. The predicted octanol–water partition coefficient (Wildman–Crippen LogP) is 1.39. The molecule has 1 unspecified atom stereocenters. The van der Waals surface area contributed by atoms with Gasteiger partial charge in [0.25, 0.3) is 0 Å². The summed E-state index contributed by atoms with van der Waals surface area (Å²) < 4.78 is 5.16. The average Bonchev–Trinajstić information content (AvgIpc) is 2.45. The Hall–Kier alpha value is -2.22. The number of nitriles is 1. The van der Waals surface area contributed by atoms with Crippen molar-refractivity contribution in [1.82, 2.24) is 5.32 Å². The molecule has 0 fully saturated rings. The molecule has 0 bridgehead atoms. The third kappa shape index (κ3) is 3.62. The van der Waals surface area contributed by atoms with Gasteiger partial charge in [-0.15, -0.1) is 0 Å². The molecule has 1 rings (SSSR count). The highest BCUT2D eigenvalue weighted by Gasteiger charge is 2.16. The quantitative estimate of drug-likeness (QED) is 0.869. The summed E-state index contributed by atoms with van der Waals surface area (Å²) in [5.41, 5.74) is 1.32. The van der Waals surface area contributed by atoms with E-state index in [-0.39, 0.29) is 11.8 Å². The van der Waals surface area contributed by atoms with Crippen LogP contribution in [0.4, 0.5) is 5.69 Å². The fourth-order valence-corrected chi connectivity index (χ4v) is 1.89. The summed E-state index contributed by atoms with van der Waals surface area (Å²) in [7, 11) is 5.05. The van der Waals surface area contributed by atoms with Gasteiger partial charge < -0.3 is 15.0 Å². The predicted molar refractivity (Wildman–Crippen MR) is 74.2 cm³/mol. The number of nitrogens with zero attached hydrogens (tertiary/aromatic N) is 2. The molecular formula is C14H19N3O2. The van der Waals surface area contributed by atoms with E-state index in [4.69, 9.17) is 10.00 Å². The van der Waals surface area contributed by atoms with Crippen LogP contribution in [-0.4, -0.2) is 33.7 Å². The SMILES string of the molecule is CNC(=O)C(C)CN(C)c1cc(OC)ccc1C#N. The lowest BCUT2D eigenvalue weighted by Gasteiger charge is -2.24. The van der Waals surface area contributed by atoms with Crippen LogP contribution in [0, 0.1) is 17.2 Å². The topological polar surface area (TPSA) is 65.4 Å². The lowest BCUT2D eigenvalue weighted by Crippen LogP contribution is -2.34. The van der Waals surface area contributed by atoms with E-state index in [2.05, 4.69) is 11.4 Å². The number of ether oxygens (including phenoxy) is 1. The van der Waals surface area contributed by atoms with Crippen LogP contribution in [-0.2, 0) is 4.79 Å². The van der Waals surface area contributed by atoms with Crippen LogP contribution >= 0.6 is 0 Å². The van der Waals surface area contributed by atoms with E-state index in [9.17, 15) is 4.79 Å². The van der Waals surface area contributed by atoms with Gasteiger partial charge in [-0.25, -0.2) is 0 Å². The Bertz CT molecular complexity index is 494. The highest BCUT2D eigenvalue weighted by molar-refractivity contribution is 5.78. The second-order valence-corrected chi connectivity index (χ2v) is 4.39. The molecule has 0 aromatic heterocycles. The largest absolute Gasteiger partial charge is 0.497 e. The maximum Gasteiger partial charge on any atom is 0.224 e. The molecule has 0 aliphatic heterocycles. The monoisotopic (exact) mass is 261 g/mol. The third-order valence-electron chi connectivity index (χ3n) is 2.98. The number of nitrogens with one attached hydrogen (secondary N) is 1. The Morgan fingerprint density at radius 3 is 2.79 bits per heavy atom. The Morgan fingerprint density at radius 1 is 1.58 bits per heavy atom. The van der Waals surface area contributed by atoms with E-state index in [1.54, 1.807) is 32.4 Å². The number of amides is 1. The van der Waals surface area contributed by atoms with Gasteiger partial charge >= 0.3 is 0 Å². The lowest BCUT2D eigenvalue weighted by atomic mass is 10.1. The van der Waals surface area contributed by atoms with Gasteiger partial charge in [0.2, 0.25) is 5.91 Å². The number of anilines is 1. The summed E-state index contributed by atoms with van der Waals surface area (Å²) in [6.07, 6.45) is 0. The molecule has 0 heterocycles. The zero-order valence-electron chi connectivity index (χ0n) is 11.7. The van der Waals surface area contributed by atoms with Crippen LogP contribution < -0.4 is 15.0 Å². The first-order chi connectivity index (χ1) is 9.03. The maximum atomic E-state index is 11.5. The molecule has 0 saturated carbocycles. The number of hydrogen-bond donors (Lipinski definition) is 1. The molecule has 0 spiro atoms. The number of carbonyl (C=O) groups is 1. The number of hydrogen-bond acceptors (Lipinski definition) is 4. The molecule has 1 amide bonds. The van der Waals surface area contributed by atoms with Crippen molar-refractivity contribution >= 4 is 11.6 Å². The van der Waals surface area contributed by atoms with Gasteiger partial charge in [0.15, 0.2) is 0 Å². The molecule has 19 heavy (non-hydrogen) atoms. The van der Waals surface area contributed by atoms with Crippen molar-refractivity contribution in [3.05, 3.63) is 23.8 Å². The normalized spacial score (nSPS) is 11.3. The minimum absolute atomic E-state index is 0.0201. The van der Waals surface area contributed by atoms with E-state index in [0.29, 0.717) is 17.9 Å². The van der Waals surface area contributed by atoms with Crippen LogP contribution in [0.3, 0.4) is 0 Å². The Labute approximate surface area is 113 Å². The number of rotatable bonds is 5. The lowest BCUT2D eigenvalue weighted by molar-refractivity contribution is -0.123. The highest BCUT2D eigenvalue weighted by Crippen LogP contribution is 2.25. The molecule has 1 atom stereocenters. The summed E-state index contributed by atoms with van der Waals surface area (Å²) in [5.74, 6) is 0.509. The summed E-state index contributed by atoms with van der Waals surface area (Å²) in [4.78, 5) is 13.4. The zero-order valence-corrected chi connectivity index (χ0v) is 11.7. The smallest absolute Gasteiger partial charge is 0.224 e. The van der Waals surface area contributed by atoms with E-state index in [1.807, 2.05) is 18.9 Å². The minimum Gasteiger partial charge on any atom is -0.497 e. The molecule has 1 aromatic rings. The van der Waals surface area contributed by atoms with Gasteiger partial charge in [-0.1, -0.05) is 6.92 Å². The van der Waals surface area contributed by atoms with Crippen molar-refractivity contribution in [2.45, 2.75) is 6.92 Å². The Balaban J connectivity index is 2.95. The van der Waals surface area contributed by atoms with E-state index >= 15 is 0 Å². The molecule has 1 aromatic carbocycles. The minimum atomic E-state index is -0.159. The standard InChI is InChI=1S/C14H19N3O2/c1-10(14(18)16-2)9-17(3)13-7-12(19-4)6-5-11(13)8-15/h5-7,10H,9H2,1-4H3,(H,16,18). The van der Waals surface area contributed by atoms with E-state index in [1.165, 1.54) is 0 Å². The van der Waals surface area contributed by atoms with E-state index < -0.39 is 0 Å². The number of methoxy groups -OCH3 is 1. The van der Waals surface area contributed by atoms with Crippen molar-refractivity contribution in [3.8, 4) is 11.8 Å². The van der Waals surface area contributed by atoms with Crippen molar-refractivity contribution in [2.75, 3.05) is 32.6 Å². The van der Waals surface area contributed by atoms with Crippen molar-refractivity contribution in [3.63, 3.8) is 0 Å². The molecule has 5 heteroatoms. The van der Waals surface area contributed by atoms with Gasteiger partial charge in [-0.2, -0.15) is 5.26 Å².